The Morgan fingerprint density at radius 1 is 1.04 bits per heavy atom. The van der Waals surface area contributed by atoms with Crippen LogP contribution in [-0.2, 0) is 17.1 Å². The SMILES string of the molecule is Cn1cc(-c2ccc3ccn(S(=O)(=O)c4cccnc4)c3c2)cn1. The summed E-state index contributed by atoms with van der Waals surface area (Å²) in [6.45, 7) is 0. The molecule has 3 heterocycles. The highest BCUT2D eigenvalue weighted by molar-refractivity contribution is 7.90. The van der Waals surface area contributed by atoms with E-state index < -0.39 is 10.0 Å². The van der Waals surface area contributed by atoms with Crippen LogP contribution in [0.25, 0.3) is 22.0 Å². The standard InChI is InChI=1S/C17H14N4O2S/c1-20-12-15(10-19-20)14-5-4-13-6-8-21(17(13)9-14)24(22,23)16-3-2-7-18-11-16/h2-12H,1H3. The van der Waals surface area contributed by atoms with E-state index in [0.29, 0.717) is 5.52 Å². The third kappa shape index (κ3) is 2.30. The fourth-order valence-electron chi connectivity index (χ4n) is 2.68. The van der Waals surface area contributed by atoms with Crippen LogP contribution in [0.2, 0.25) is 0 Å². The number of pyridine rings is 1. The summed E-state index contributed by atoms with van der Waals surface area (Å²) in [6, 6.07) is 10.7. The minimum Gasteiger partial charge on any atom is -0.275 e. The zero-order chi connectivity index (χ0) is 16.7. The Morgan fingerprint density at radius 2 is 1.92 bits per heavy atom. The molecule has 0 aliphatic rings. The highest BCUT2D eigenvalue weighted by atomic mass is 32.2. The average Bonchev–Trinajstić information content (AvgIpc) is 3.21. The zero-order valence-electron chi connectivity index (χ0n) is 12.9. The first-order chi connectivity index (χ1) is 11.6. The molecule has 0 saturated heterocycles. The van der Waals surface area contributed by atoms with Crippen LogP contribution in [-0.4, -0.2) is 27.2 Å². The first-order valence-corrected chi connectivity index (χ1v) is 8.75. The third-order valence-electron chi connectivity index (χ3n) is 3.89. The van der Waals surface area contributed by atoms with Gasteiger partial charge in [0.25, 0.3) is 10.0 Å². The predicted octanol–water partition coefficient (Wildman–Crippen LogP) is 2.67. The molecular weight excluding hydrogens is 324 g/mol. The predicted molar refractivity (Wildman–Crippen MR) is 91.0 cm³/mol. The maximum Gasteiger partial charge on any atom is 0.269 e. The Morgan fingerprint density at radius 3 is 2.62 bits per heavy atom. The molecule has 6 nitrogen and oxygen atoms in total. The van der Waals surface area contributed by atoms with Gasteiger partial charge >= 0.3 is 0 Å². The molecule has 0 aliphatic carbocycles. The van der Waals surface area contributed by atoms with Crippen LogP contribution in [0, 0.1) is 0 Å². The zero-order valence-corrected chi connectivity index (χ0v) is 13.7. The Labute approximate surface area is 139 Å². The Hall–Kier alpha value is -2.93. The fraction of sp³-hybridized carbons (Fsp3) is 0.0588. The largest absolute Gasteiger partial charge is 0.275 e. The van der Waals surface area contributed by atoms with Crippen molar-refractivity contribution < 1.29 is 8.42 Å². The molecule has 0 radical (unpaired) electrons. The number of hydrogen-bond donors (Lipinski definition) is 0. The van der Waals surface area contributed by atoms with Crippen molar-refractivity contribution in [2.45, 2.75) is 4.90 Å². The van der Waals surface area contributed by atoms with Crippen LogP contribution >= 0.6 is 0 Å². The number of benzene rings is 1. The van der Waals surface area contributed by atoms with Crippen molar-refractivity contribution >= 4 is 20.9 Å². The molecule has 0 bridgehead atoms. The molecule has 24 heavy (non-hydrogen) atoms. The van der Waals surface area contributed by atoms with Gasteiger partial charge in [0, 0.05) is 42.8 Å². The lowest BCUT2D eigenvalue weighted by Crippen LogP contribution is -2.11. The lowest BCUT2D eigenvalue weighted by molar-refractivity contribution is 0.588. The summed E-state index contributed by atoms with van der Waals surface area (Å²) in [5.74, 6) is 0. The maximum atomic E-state index is 12.9. The van der Waals surface area contributed by atoms with Gasteiger partial charge < -0.3 is 0 Å². The van der Waals surface area contributed by atoms with Crippen molar-refractivity contribution in [3.63, 3.8) is 0 Å². The normalized spacial score (nSPS) is 11.9. The van der Waals surface area contributed by atoms with Gasteiger partial charge in [-0.25, -0.2) is 12.4 Å². The van der Waals surface area contributed by atoms with E-state index in [4.69, 9.17) is 0 Å². The molecule has 0 unspecified atom stereocenters. The summed E-state index contributed by atoms with van der Waals surface area (Å²) in [7, 11) is -1.84. The average molecular weight is 338 g/mol. The number of fused-ring (bicyclic) bond motifs is 1. The van der Waals surface area contributed by atoms with Crippen LogP contribution in [0.1, 0.15) is 0 Å². The second kappa shape index (κ2) is 5.31. The molecule has 1 aromatic carbocycles. The smallest absolute Gasteiger partial charge is 0.269 e. The van der Waals surface area contributed by atoms with E-state index in [0.717, 1.165) is 16.5 Å². The quantitative estimate of drug-likeness (QED) is 0.576. The number of aryl methyl sites for hydroxylation is 1. The second-order valence-corrected chi connectivity index (χ2v) is 7.30. The highest BCUT2D eigenvalue weighted by Gasteiger charge is 2.19. The molecule has 7 heteroatoms. The van der Waals surface area contributed by atoms with Gasteiger partial charge in [-0.1, -0.05) is 12.1 Å². The molecule has 4 rings (SSSR count). The molecule has 0 spiro atoms. The van der Waals surface area contributed by atoms with Crippen LogP contribution in [0.5, 0.6) is 0 Å². The Bertz CT molecular complexity index is 1130. The van der Waals surface area contributed by atoms with Gasteiger partial charge in [-0.3, -0.25) is 9.67 Å². The van der Waals surface area contributed by atoms with Gasteiger partial charge in [0.2, 0.25) is 0 Å². The monoisotopic (exact) mass is 338 g/mol. The topological polar surface area (TPSA) is 69.8 Å². The van der Waals surface area contributed by atoms with Crippen molar-refractivity contribution in [3.8, 4) is 11.1 Å². The number of aromatic nitrogens is 4. The van der Waals surface area contributed by atoms with Crippen LogP contribution in [0.4, 0.5) is 0 Å². The fourth-order valence-corrected chi connectivity index (χ4v) is 3.99. The lowest BCUT2D eigenvalue weighted by atomic mass is 10.1. The first kappa shape index (κ1) is 14.6. The van der Waals surface area contributed by atoms with Gasteiger partial charge in [0.05, 0.1) is 11.7 Å². The molecule has 0 atom stereocenters. The van der Waals surface area contributed by atoms with Crippen molar-refractivity contribution in [2.75, 3.05) is 0 Å². The minimum atomic E-state index is -3.68. The van der Waals surface area contributed by atoms with Crippen LogP contribution < -0.4 is 0 Å². The van der Waals surface area contributed by atoms with Crippen molar-refractivity contribution in [3.05, 3.63) is 67.4 Å². The summed E-state index contributed by atoms with van der Waals surface area (Å²) in [6.07, 6.45) is 8.12. The van der Waals surface area contributed by atoms with Crippen molar-refractivity contribution in [1.82, 2.24) is 18.7 Å². The van der Waals surface area contributed by atoms with E-state index >= 15 is 0 Å². The number of nitrogens with zero attached hydrogens (tertiary/aromatic N) is 4. The summed E-state index contributed by atoms with van der Waals surface area (Å²) >= 11 is 0. The summed E-state index contributed by atoms with van der Waals surface area (Å²) in [5.41, 5.74) is 2.48. The van der Waals surface area contributed by atoms with Crippen molar-refractivity contribution in [1.29, 1.82) is 0 Å². The van der Waals surface area contributed by atoms with Crippen molar-refractivity contribution in [2.24, 2.45) is 7.05 Å². The molecule has 0 saturated carbocycles. The Balaban J connectivity index is 1.91. The number of rotatable bonds is 3. The minimum absolute atomic E-state index is 0.161. The molecule has 0 aliphatic heterocycles. The Kier molecular flexibility index (Phi) is 3.24. The van der Waals surface area contributed by atoms with Crippen LogP contribution in [0.15, 0.2) is 72.3 Å². The van der Waals surface area contributed by atoms with Gasteiger partial charge in [-0.15, -0.1) is 0 Å². The summed E-state index contributed by atoms with van der Waals surface area (Å²) < 4.78 is 28.7. The summed E-state index contributed by atoms with van der Waals surface area (Å²) in [5, 5.41) is 5.02. The van der Waals surface area contributed by atoms with E-state index in [1.54, 1.807) is 41.5 Å². The molecule has 120 valence electrons. The van der Waals surface area contributed by atoms with Gasteiger partial charge in [-0.2, -0.15) is 5.10 Å². The van der Waals surface area contributed by atoms with E-state index in [-0.39, 0.29) is 4.90 Å². The second-order valence-electron chi connectivity index (χ2n) is 5.48. The van der Waals surface area contributed by atoms with Crippen LogP contribution in [0.3, 0.4) is 0 Å². The van der Waals surface area contributed by atoms with E-state index in [9.17, 15) is 8.42 Å². The maximum absolute atomic E-state index is 12.9. The van der Waals surface area contributed by atoms with E-state index in [2.05, 4.69) is 10.1 Å². The van der Waals surface area contributed by atoms with E-state index in [1.807, 2.05) is 31.4 Å². The summed E-state index contributed by atoms with van der Waals surface area (Å²) in [4.78, 5) is 4.07. The molecule has 0 N–H and O–H groups in total. The van der Waals surface area contributed by atoms with E-state index in [1.165, 1.54) is 10.2 Å². The molecular formula is C17H14N4O2S. The lowest BCUT2D eigenvalue weighted by Gasteiger charge is -2.08. The highest BCUT2D eigenvalue weighted by Crippen LogP contribution is 2.27. The number of hydrogen-bond acceptors (Lipinski definition) is 4. The van der Waals surface area contributed by atoms with Gasteiger partial charge in [0.1, 0.15) is 4.90 Å². The van der Waals surface area contributed by atoms with Gasteiger partial charge in [0.15, 0.2) is 0 Å². The molecule has 4 aromatic rings. The molecule has 0 amide bonds. The molecule has 3 aromatic heterocycles. The molecule has 0 fully saturated rings. The third-order valence-corrected chi connectivity index (χ3v) is 5.56. The first-order valence-electron chi connectivity index (χ1n) is 7.31. The van der Waals surface area contributed by atoms with Gasteiger partial charge in [-0.05, 0) is 29.8 Å².